The van der Waals surface area contributed by atoms with Crippen molar-refractivity contribution in [3.8, 4) is 67.0 Å². The molecule has 0 radical (unpaired) electrons. The minimum absolute atomic E-state index is 0.589. The molecule has 0 N–H and O–H groups in total. The van der Waals surface area contributed by atoms with E-state index in [4.69, 9.17) is 30.2 Å². The fourth-order valence-corrected chi connectivity index (χ4v) is 6.74. The summed E-state index contributed by atoms with van der Waals surface area (Å²) in [5.74, 6) is 0. The summed E-state index contributed by atoms with van der Waals surface area (Å²) in [6.45, 7) is 0. The van der Waals surface area contributed by atoms with Crippen molar-refractivity contribution in [3.05, 3.63) is 242 Å². The normalized spacial score (nSPS) is 20.6. The summed E-state index contributed by atoms with van der Waals surface area (Å²) in [5, 5.41) is -3.10. The molecule has 0 fully saturated rings. The van der Waals surface area contributed by atoms with Crippen LogP contribution in [0.15, 0.2) is 242 Å². The van der Waals surface area contributed by atoms with Crippen LogP contribution >= 0.6 is 0 Å². The molecule has 0 bridgehead atoms. The van der Waals surface area contributed by atoms with Crippen LogP contribution in [0, 0.1) is 0 Å². The minimum atomic E-state index is -1.21. The van der Waals surface area contributed by atoms with Gasteiger partial charge in [0, 0.05) is 32.9 Å². The molecule has 2 heteroatoms. The van der Waals surface area contributed by atoms with E-state index in [9.17, 15) is 24.7 Å². The first-order valence-electron chi connectivity index (χ1n) is 38.1. The second kappa shape index (κ2) is 14.8. The van der Waals surface area contributed by atoms with Crippen molar-refractivity contribution in [1.82, 2.24) is 9.13 Å². The Balaban J connectivity index is 1.18. The predicted molar refractivity (Wildman–Crippen MR) is 262 cm³/mol. The maximum atomic E-state index is 10.1. The lowest BCUT2D eigenvalue weighted by Crippen LogP contribution is -1.94. The van der Waals surface area contributed by atoms with E-state index in [2.05, 4.69) is 0 Å². The SMILES string of the molecule is [2H]c1c([2H])c([2H])c(-c2c([2H])c([2H])c(-c3c([2H])c([2H])c([2H])c(-n4c5c([2H])c([2H])c([2H])c([2H])c5c5c([2H])c(-c6c([2H])c([2H])c7c(c6[2H])c6c([2H])c([2H])c([2H])c([2H])c6n7-c6c([2H])c([2H])c([2H])c(-c7c([2H])c([2H])c(-c8c([2H])c([2H])c([2H])c([2H])c8[2H])c([2H])c7[2H])c6[2H])c([2H])c([2H])c54)c3[2H])c([2H])c2[2H])c([2H])c1[2H]. The van der Waals surface area contributed by atoms with Crippen LogP contribution in [0.5, 0.6) is 0 Å². The van der Waals surface area contributed by atoms with E-state index in [0.29, 0.717) is 9.13 Å². The summed E-state index contributed by atoms with van der Waals surface area (Å²) in [6.07, 6.45) is 0. The van der Waals surface area contributed by atoms with Gasteiger partial charge in [-0.15, -0.1) is 0 Å². The highest BCUT2D eigenvalue weighted by atomic mass is 15.0. The molecule has 2 aromatic heterocycles. The van der Waals surface area contributed by atoms with Crippen LogP contribution in [0.25, 0.3) is 111 Å². The monoisotopic (exact) mass is 829 g/mol. The van der Waals surface area contributed by atoms with Gasteiger partial charge in [0.15, 0.2) is 0 Å². The summed E-state index contributed by atoms with van der Waals surface area (Å²) < 4.78 is 364. The van der Waals surface area contributed by atoms with Crippen molar-refractivity contribution in [2.24, 2.45) is 0 Å². The fraction of sp³-hybridized carbons (Fsp3) is 0. The summed E-state index contributed by atoms with van der Waals surface area (Å²) in [5.41, 5.74) is -14.4. The van der Waals surface area contributed by atoms with E-state index in [1.165, 1.54) is 0 Å². The smallest absolute Gasteiger partial charge is 0.0651 e. The first kappa shape index (κ1) is 13.7. The Kier molecular flexibility index (Phi) is 3.26. The molecule has 0 aliphatic carbocycles. The molecular weight excluding hydrogens is 749 g/mol. The Labute approximate surface area is 417 Å². The Morgan fingerprint density at radius 3 is 0.919 bits per heavy atom. The van der Waals surface area contributed by atoms with Crippen LogP contribution in [-0.2, 0) is 0 Å². The van der Waals surface area contributed by atoms with Crippen LogP contribution in [0.2, 0.25) is 0 Å². The minimum Gasteiger partial charge on any atom is -0.309 e. The van der Waals surface area contributed by atoms with Crippen LogP contribution in [0.1, 0.15) is 54.8 Å². The zero-order valence-electron chi connectivity index (χ0n) is 70.9. The van der Waals surface area contributed by atoms with Gasteiger partial charge >= 0.3 is 0 Å². The largest absolute Gasteiger partial charge is 0.309 e. The molecule has 0 saturated carbocycles. The Morgan fingerprint density at radius 1 is 0.210 bits per heavy atom. The highest BCUT2D eigenvalue weighted by Crippen LogP contribution is 2.39. The van der Waals surface area contributed by atoms with Crippen molar-refractivity contribution < 1.29 is 54.8 Å². The van der Waals surface area contributed by atoms with Gasteiger partial charge in [0.1, 0.15) is 0 Å². The molecule has 0 unspecified atom stereocenters. The molecule has 290 valence electrons. The third-order valence-electron chi connectivity index (χ3n) is 9.49. The molecule has 0 atom stereocenters. The topological polar surface area (TPSA) is 9.86 Å². The second-order valence-electron chi connectivity index (χ2n) is 13.0. The van der Waals surface area contributed by atoms with Crippen molar-refractivity contribution in [2.75, 3.05) is 0 Å². The van der Waals surface area contributed by atoms with Gasteiger partial charge in [0.2, 0.25) is 0 Å². The molecule has 0 saturated heterocycles. The van der Waals surface area contributed by atoms with Crippen LogP contribution in [0.4, 0.5) is 0 Å². The lowest BCUT2D eigenvalue weighted by atomic mass is 10.00. The van der Waals surface area contributed by atoms with E-state index in [1.807, 2.05) is 0 Å². The second-order valence-corrected chi connectivity index (χ2v) is 13.0. The molecular formula is C60H40N2. The highest BCUT2D eigenvalue weighted by Gasteiger charge is 2.17. The number of hydrogen-bond acceptors (Lipinski definition) is 0. The van der Waals surface area contributed by atoms with Crippen LogP contribution < -0.4 is 0 Å². The average Bonchev–Trinajstić information content (AvgIpc) is 1.52. The molecule has 0 spiro atoms. The number of para-hydroxylation sites is 2. The van der Waals surface area contributed by atoms with E-state index >= 15 is 0 Å². The molecule has 12 aromatic rings. The summed E-state index contributed by atoms with van der Waals surface area (Å²) >= 11 is 0. The maximum Gasteiger partial charge on any atom is 0.0651 e. The van der Waals surface area contributed by atoms with Crippen molar-refractivity contribution in [1.29, 1.82) is 0 Å². The number of rotatable bonds is 7. The van der Waals surface area contributed by atoms with Gasteiger partial charge in [-0.05, 0) is 116 Å². The van der Waals surface area contributed by atoms with E-state index in [-0.39, 0.29) is 0 Å². The lowest BCUT2D eigenvalue weighted by molar-refractivity contribution is 1.18. The van der Waals surface area contributed by atoms with Gasteiger partial charge in [-0.3, -0.25) is 0 Å². The van der Waals surface area contributed by atoms with Gasteiger partial charge < -0.3 is 9.13 Å². The number of aromatic nitrogens is 2. The molecule has 12 rings (SSSR count). The molecule has 62 heavy (non-hydrogen) atoms. The van der Waals surface area contributed by atoms with E-state index in [1.54, 1.807) is 0 Å². The molecule has 2 heterocycles. The van der Waals surface area contributed by atoms with Crippen molar-refractivity contribution >= 4 is 43.6 Å². The molecule has 2 nitrogen and oxygen atoms in total. The highest BCUT2D eigenvalue weighted by molar-refractivity contribution is 6.12. The lowest BCUT2D eigenvalue weighted by Gasteiger charge is -2.12. The number of nitrogens with zero attached hydrogens (tertiary/aromatic N) is 2. The summed E-state index contributed by atoms with van der Waals surface area (Å²) in [4.78, 5) is 0. The van der Waals surface area contributed by atoms with Crippen molar-refractivity contribution in [2.45, 2.75) is 0 Å². The third-order valence-corrected chi connectivity index (χ3v) is 9.49. The Bertz CT molecular complexity index is 5530. The summed E-state index contributed by atoms with van der Waals surface area (Å²) in [7, 11) is 0. The number of fused-ring (bicyclic) bond motifs is 6. The first-order chi connectivity index (χ1) is 47.4. The summed E-state index contributed by atoms with van der Waals surface area (Å²) in [6, 6.07) is -42.5. The Hall–Kier alpha value is -8.20. The zero-order valence-corrected chi connectivity index (χ0v) is 30.9. The van der Waals surface area contributed by atoms with E-state index in [0.717, 1.165) is 0 Å². The molecule has 0 amide bonds. The van der Waals surface area contributed by atoms with Gasteiger partial charge in [-0.1, -0.05) is 181 Å². The predicted octanol–water partition coefficient (Wildman–Crippen LogP) is 16.2. The number of hydrogen-bond donors (Lipinski definition) is 0. The molecule has 0 aliphatic heterocycles. The third kappa shape index (κ3) is 6.12. The van der Waals surface area contributed by atoms with E-state index < -0.39 is 352 Å². The molecule has 0 aliphatic rings. The Morgan fingerprint density at radius 2 is 0.500 bits per heavy atom. The van der Waals surface area contributed by atoms with Gasteiger partial charge in [0.05, 0.1) is 76.9 Å². The number of benzene rings is 10. The first-order valence-corrected chi connectivity index (χ1v) is 18.1. The van der Waals surface area contributed by atoms with Gasteiger partial charge in [0.25, 0.3) is 0 Å². The zero-order chi connectivity index (χ0) is 75.8. The standard InChI is InChI=1S/C60H40N2/c1-3-13-41(14-4-1)43-25-29-45(30-26-43)47-17-11-19-51(37-47)61-57-23-9-7-21-53(57)55-39-49(33-35-59(55)61)50-34-36-60-56(40-50)54-22-8-10-24-58(54)62(60)52-20-12-18-48(38-52)46-31-27-44(28-32-46)42-15-5-2-6-16-42/h1-40H/i1D,2D,3D,4D,5D,6D,7D,8D,9D,10D,11D,12D,13D,14D,15D,16D,17D,18D,19D,20D,21D,22D,23D,24D,25D,26D,27D,28D,29D,30D,31D,32D,33D,34D,35D,36D,37D,38D,39D,40D. The average molecular weight is 829 g/mol. The quantitative estimate of drug-likeness (QED) is 0.151. The van der Waals surface area contributed by atoms with Gasteiger partial charge in [-0.2, -0.15) is 0 Å². The fourth-order valence-electron chi connectivity index (χ4n) is 6.74. The van der Waals surface area contributed by atoms with Crippen molar-refractivity contribution in [3.63, 3.8) is 0 Å². The van der Waals surface area contributed by atoms with Gasteiger partial charge in [-0.25, -0.2) is 0 Å². The van der Waals surface area contributed by atoms with Crippen LogP contribution in [-0.4, -0.2) is 9.13 Å². The molecule has 10 aromatic carbocycles. The van der Waals surface area contributed by atoms with Crippen LogP contribution in [0.3, 0.4) is 0 Å². The maximum absolute atomic E-state index is 10.1.